The molecule has 0 saturated heterocycles. The number of fused-ring (bicyclic) bond motifs is 1. The van der Waals surface area contributed by atoms with E-state index in [0.717, 1.165) is 22.9 Å². The van der Waals surface area contributed by atoms with Crippen LogP contribution < -0.4 is 10.6 Å². The maximum Gasteiger partial charge on any atom is 0.314 e. The van der Waals surface area contributed by atoms with E-state index in [1.807, 2.05) is 24.4 Å². The van der Waals surface area contributed by atoms with Crippen molar-refractivity contribution in [3.63, 3.8) is 0 Å². The molecule has 0 atom stereocenters. The number of carbonyl (C=O) groups is 1. The van der Waals surface area contributed by atoms with Crippen LogP contribution in [0.15, 0.2) is 24.4 Å². The second-order valence-corrected chi connectivity index (χ2v) is 4.87. The molecule has 6 heteroatoms. The maximum absolute atomic E-state index is 11.5. The molecule has 20 heavy (non-hydrogen) atoms. The molecule has 2 amide bonds. The third-order valence-electron chi connectivity index (χ3n) is 3.00. The lowest BCUT2D eigenvalue weighted by Gasteiger charge is -2.06. The third-order valence-corrected chi connectivity index (χ3v) is 3.24. The lowest BCUT2D eigenvalue weighted by molar-refractivity contribution is 0.196. The highest BCUT2D eigenvalue weighted by atomic mass is 35.5. The fourth-order valence-electron chi connectivity index (χ4n) is 2.00. The SMILES string of the molecule is COCCNC(=O)NCCc1c[nH]c2ccc(Cl)cc12. The molecular weight excluding hydrogens is 278 g/mol. The van der Waals surface area contributed by atoms with E-state index in [4.69, 9.17) is 16.3 Å². The standard InChI is InChI=1S/C14H18ClN3O2/c1-20-7-6-17-14(19)16-5-4-10-9-18-13-3-2-11(15)8-12(10)13/h2-3,8-9,18H,4-7H2,1H3,(H2,16,17,19). The van der Waals surface area contributed by atoms with Crippen molar-refractivity contribution in [3.8, 4) is 0 Å². The number of methoxy groups -OCH3 is 1. The van der Waals surface area contributed by atoms with E-state index >= 15 is 0 Å². The summed E-state index contributed by atoms with van der Waals surface area (Å²) in [4.78, 5) is 14.6. The topological polar surface area (TPSA) is 66.2 Å². The molecular formula is C14H18ClN3O2. The smallest absolute Gasteiger partial charge is 0.314 e. The minimum absolute atomic E-state index is 0.181. The minimum Gasteiger partial charge on any atom is -0.383 e. The summed E-state index contributed by atoms with van der Waals surface area (Å²) in [7, 11) is 1.60. The van der Waals surface area contributed by atoms with Crippen molar-refractivity contribution in [2.45, 2.75) is 6.42 Å². The lowest BCUT2D eigenvalue weighted by atomic mass is 10.1. The summed E-state index contributed by atoms with van der Waals surface area (Å²) in [5.74, 6) is 0. The Bertz CT molecular complexity index is 583. The first-order valence-electron chi connectivity index (χ1n) is 6.47. The second kappa shape index (κ2) is 7.17. The van der Waals surface area contributed by atoms with E-state index in [0.29, 0.717) is 24.7 Å². The Morgan fingerprint density at radius 3 is 2.95 bits per heavy atom. The van der Waals surface area contributed by atoms with Crippen LogP contribution in [0.3, 0.4) is 0 Å². The van der Waals surface area contributed by atoms with Gasteiger partial charge in [-0.1, -0.05) is 11.6 Å². The molecule has 1 aromatic carbocycles. The van der Waals surface area contributed by atoms with Gasteiger partial charge in [0.25, 0.3) is 0 Å². The summed E-state index contributed by atoms with van der Waals surface area (Å²) in [5, 5.41) is 7.32. The van der Waals surface area contributed by atoms with Gasteiger partial charge >= 0.3 is 6.03 Å². The van der Waals surface area contributed by atoms with Gasteiger partial charge in [0, 0.05) is 42.3 Å². The van der Waals surface area contributed by atoms with Crippen molar-refractivity contribution in [1.29, 1.82) is 0 Å². The highest BCUT2D eigenvalue weighted by molar-refractivity contribution is 6.31. The van der Waals surface area contributed by atoms with Gasteiger partial charge in [-0.25, -0.2) is 4.79 Å². The Morgan fingerprint density at radius 1 is 1.35 bits per heavy atom. The minimum atomic E-state index is -0.181. The lowest BCUT2D eigenvalue weighted by Crippen LogP contribution is -2.38. The fourth-order valence-corrected chi connectivity index (χ4v) is 2.17. The van der Waals surface area contributed by atoms with Crippen molar-refractivity contribution >= 4 is 28.5 Å². The van der Waals surface area contributed by atoms with E-state index < -0.39 is 0 Å². The summed E-state index contributed by atoms with van der Waals surface area (Å²) in [6.07, 6.45) is 2.70. The van der Waals surface area contributed by atoms with Gasteiger partial charge in [-0.2, -0.15) is 0 Å². The van der Waals surface area contributed by atoms with Crippen LogP contribution in [0.25, 0.3) is 10.9 Å². The number of hydrogen-bond acceptors (Lipinski definition) is 2. The molecule has 5 nitrogen and oxygen atoms in total. The number of hydrogen-bond donors (Lipinski definition) is 3. The highest BCUT2D eigenvalue weighted by Crippen LogP contribution is 2.22. The first-order valence-corrected chi connectivity index (χ1v) is 6.84. The number of amides is 2. The number of aromatic nitrogens is 1. The quantitative estimate of drug-likeness (QED) is 0.716. The summed E-state index contributed by atoms with van der Waals surface area (Å²) in [6, 6.07) is 5.55. The second-order valence-electron chi connectivity index (χ2n) is 4.43. The number of H-pyrrole nitrogens is 1. The van der Waals surface area contributed by atoms with Crippen LogP contribution in [0.4, 0.5) is 4.79 Å². The third kappa shape index (κ3) is 3.88. The fraction of sp³-hybridized carbons (Fsp3) is 0.357. The normalized spacial score (nSPS) is 10.7. The summed E-state index contributed by atoms with van der Waals surface area (Å²) in [6.45, 7) is 1.58. The van der Waals surface area contributed by atoms with Crippen molar-refractivity contribution in [2.75, 3.05) is 26.8 Å². The van der Waals surface area contributed by atoms with Crippen LogP contribution in [0, 0.1) is 0 Å². The average Bonchev–Trinajstić information content (AvgIpc) is 2.82. The summed E-state index contributed by atoms with van der Waals surface area (Å²) < 4.78 is 4.86. The molecule has 2 aromatic rings. The molecule has 0 spiro atoms. The average molecular weight is 296 g/mol. The number of rotatable bonds is 6. The first kappa shape index (κ1) is 14.7. The van der Waals surface area contributed by atoms with E-state index in [2.05, 4.69) is 15.6 Å². The number of urea groups is 1. The molecule has 0 unspecified atom stereocenters. The molecule has 0 fully saturated rings. The number of nitrogens with one attached hydrogen (secondary N) is 3. The summed E-state index contributed by atoms with van der Waals surface area (Å²) in [5.41, 5.74) is 2.19. The highest BCUT2D eigenvalue weighted by Gasteiger charge is 2.05. The first-order chi connectivity index (χ1) is 9.70. The van der Waals surface area contributed by atoms with Gasteiger partial charge < -0.3 is 20.4 Å². The molecule has 3 N–H and O–H groups in total. The number of benzene rings is 1. The molecule has 0 aliphatic heterocycles. The zero-order valence-electron chi connectivity index (χ0n) is 11.3. The molecule has 0 saturated carbocycles. The van der Waals surface area contributed by atoms with Crippen molar-refractivity contribution < 1.29 is 9.53 Å². The predicted octanol–water partition coefficient (Wildman–Crippen LogP) is 2.31. The van der Waals surface area contributed by atoms with E-state index in [-0.39, 0.29) is 6.03 Å². The van der Waals surface area contributed by atoms with Crippen LogP contribution in [0.1, 0.15) is 5.56 Å². The molecule has 0 bridgehead atoms. The number of aromatic amines is 1. The van der Waals surface area contributed by atoms with Gasteiger partial charge in [0.15, 0.2) is 0 Å². The van der Waals surface area contributed by atoms with Gasteiger partial charge in [-0.15, -0.1) is 0 Å². The molecule has 2 rings (SSSR count). The largest absolute Gasteiger partial charge is 0.383 e. The van der Waals surface area contributed by atoms with Gasteiger partial charge in [0.05, 0.1) is 6.61 Å². The van der Waals surface area contributed by atoms with Crippen LogP contribution in [-0.4, -0.2) is 37.8 Å². The summed E-state index contributed by atoms with van der Waals surface area (Å²) >= 11 is 6.00. The van der Waals surface area contributed by atoms with Crippen LogP contribution >= 0.6 is 11.6 Å². The Hall–Kier alpha value is -1.72. The van der Waals surface area contributed by atoms with E-state index in [9.17, 15) is 4.79 Å². The monoisotopic (exact) mass is 295 g/mol. The van der Waals surface area contributed by atoms with Gasteiger partial charge in [0.2, 0.25) is 0 Å². The molecule has 0 aliphatic rings. The number of carbonyl (C=O) groups excluding carboxylic acids is 1. The van der Waals surface area contributed by atoms with Gasteiger partial charge in [-0.05, 0) is 30.2 Å². The Kier molecular flexibility index (Phi) is 5.26. The Labute approximate surface area is 122 Å². The molecule has 0 aliphatic carbocycles. The van der Waals surface area contributed by atoms with Crippen LogP contribution in [0.2, 0.25) is 5.02 Å². The van der Waals surface area contributed by atoms with Gasteiger partial charge in [-0.3, -0.25) is 0 Å². The molecule has 108 valence electrons. The van der Waals surface area contributed by atoms with Crippen LogP contribution in [0.5, 0.6) is 0 Å². The Morgan fingerprint density at radius 2 is 2.15 bits per heavy atom. The van der Waals surface area contributed by atoms with Crippen LogP contribution in [-0.2, 0) is 11.2 Å². The zero-order chi connectivity index (χ0) is 14.4. The van der Waals surface area contributed by atoms with E-state index in [1.54, 1.807) is 7.11 Å². The van der Waals surface area contributed by atoms with Crippen molar-refractivity contribution in [2.24, 2.45) is 0 Å². The van der Waals surface area contributed by atoms with Crippen molar-refractivity contribution in [1.82, 2.24) is 15.6 Å². The number of halogens is 1. The molecule has 0 radical (unpaired) electrons. The number of ether oxygens (including phenoxy) is 1. The predicted molar refractivity (Wildman–Crippen MR) is 80.3 cm³/mol. The molecule has 1 aromatic heterocycles. The van der Waals surface area contributed by atoms with Crippen molar-refractivity contribution in [3.05, 3.63) is 35.0 Å². The molecule has 1 heterocycles. The van der Waals surface area contributed by atoms with E-state index in [1.165, 1.54) is 0 Å². The zero-order valence-corrected chi connectivity index (χ0v) is 12.1. The maximum atomic E-state index is 11.5. The Balaban J connectivity index is 1.84. The van der Waals surface area contributed by atoms with Gasteiger partial charge in [0.1, 0.15) is 0 Å².